The van der Waals surface area contributed by atoms with Crippen LogP contribution in [-0.4, -0.2) is 40.2 Å². The summed E-state index contributed by atoms with van der Waals surface area (Å²) in [5.74, 6) is 1.40. The predicted molar refractivity (Wildman–Crippen MR) is 160 cm³/mol. The number of ketones is 1. The fourth-order valence-corrected chi connectivity index (χ4v) is 7.39. The Hall–Kier alpha value is -1.47. The van der Waals surface area contributed by atoms with Crippen LogP contribution in [0.2, 0.25) is 18.1 Å². The molecule has 0 amide bonds. The molecule has 39 heavy (non-hydrogen) atoms. The maximum Gasteiger partial charge on any atom is 0.193 e. The van der Waals surface area contributed by atoms with Crippen LogP contribution < -0.4 is 4.74 Å². The Kier molecular flexibility index (Phi) is 10.2. The average molecular weight is 557 g/mol. The highest BCUT2D eigenvalue weighted by Gasteiger charge is 2.47. The first kappa shape index (κ1) is 30.5. The number of ether oxygens (including phenoxy) is 3. The number of fused-ring (bicyclic) bond motifs is 2. The molecule has 2 aliphatic carbocycles. The largest absolute Gasteiger partial charge is 0.496 e. The van der Waals surface area contributed by atoms with Crippen LogP contribution in [0.5, 0.6) is 5.75 Å². The van der Waals surface area contributed by atoms with Gasteiger partial charge in [-0.25, -0.2) is 0 Å². The summed E-state index contributed by atoms with van der Waals surface area (Å²) in [7, 11) is -0.383. The van der Waals surface area contributed by atoms with Gasteiger partial charge in [0, 0.05) is 18.6 Å². The molecule has 4 rings (SSSR count). The summed E-state index contributed by atoms with van der Waals surface area (Å²) in [6.07, 6.45) is 10.7. The standard InChI is InChI=1S/C33H52O5Si/c1-8-9-10-14-24(37-30-17-11-12-20-36-30)18-19-26-28(34)22-23-21-27-25(15-13-16-29(27)35-5)32(31(23)26)38-39(6,7)33(2,3)4/h13,15-16,23-24,30,32H,8-12,14,17-22H2,1-7H3/t23?,24-,30?,32-/m1/s1. The molecule has 1 fully saturated rings. The molecule has 0 N–H and O–H groups in total. The number of carbonyl (C=O) groups is 1. The lowest BCUT2D eigenvalue weighted by molar-refractivity contribution is -0.190. The van der Waals surface area contributed by atoms with Gasteiger partial charge in [0.25, 0.3) is 0 Å². The lowest BCUT2D eigenvalue weighted by Gasteiger charge is -2.43. The average Bonchev–Trinajstić information content (AvgIpc) is 3.21. The number of carbonyl (C=O) groups excluding carboxylic acids is 1. The van der Waals surface area contributed by atoms with Crippen molar-refractivity contribution in [3.8, 4) is 5.75 Å². The normalized spacial score (nSPS) is 24.5. The molecule has 1 aliphatic heterocycles. The Morgan fingerprint density at radius 2 is 1.90 bits per heavy atom. The smallest absolute Gasteiger partial charge is 0.193 e. The van der Waals surface area contributed by atoms with E-state index in [9.17, 15) is 4.79 Å². The summed E-state index contributed by atoms with van der Waals surface area (Å²) in [5, 5.41) is 0.0700. The van der Waals surface area contributed by atoms with Crippen molar-refractivity contribution in [3.05, 3.63) is 40.5 Å². The Labute approximate surface area is 238 Å². The number of hydrogen-bond donors (Lipinski definition) is 0. The second kappa shape index (κ2) is 13.0. The highest BCUT2D eigenvalue weighted by atomic mass is 28.4. The first-order valence-electron chi connectivity index (χ1n) is 15.4. The number of rotatable bonds is 12. The number of methoxy groups -OCH3 is 1. The van der Waals surface area contributed by atoms with Crippen LogP contribution in [0.25, 0.3) is 0 Å². The van der Waals surface area contributed by atoms with Gasteiger partial charge >= 0.3 is 0 Å². The maximum absolute atomic E-state index is 13.6. The summed E-state index contributed by atoms with van der Waals surface area (Å²) in [5.41, 5.74) is 4.64. The van der Waals surface area contributed by atoms with Crippen LogP contribution in [0, 0.1) is 5.92 Å². The highest BCUT2D eigenvalue weighted by Crippen LogP contribution is 2.52. The SMILES string of the molecule is CCCCC[C@H](CCC1=C2C(CC1=O)Cc1c(OC)cccc1[C@H]2O[Si](C)(C)C(C)(C)C)OC1CCCCO1. The van der Waals surface area contributed by atoms with E-state index < -0.39 is 8.32 Å². The van der Waals surface area contributed by atoms with Crippen LogP contribution in [0.3, 0.4) is 0 Å². The minimum atomic E-state index is -2.12. The molecule has 4 atom stereocenters. The first-order valence-corrected chi connectivity index (χ1v) is 18.3. The molecule has 0 aromatic heterocycles. The minimum Gasteiger partial charge on any atom is -0.496 e. The third-order valence-electron chi connectivity index (χ3n) is 9.51. The van der Waals surface area contributed by atoms with E-state index in [-0.39, 0.29) is 29.5 Å². The lowest BCUT2D eigenvalue weighted by Crippen LogP contribution is -2.43. The van der Waals surface area contributed by atoms with E-state index in [1.807, 2.05) is 6.07 Å². The molecule has 1 saturated heterocycles. The second-order valence-corrected chi connectivity index (χ2v) is 18.1. The van der Waals surface area contributed by atoms with Crippen molar-refractivity contribution in [2.45, 2.75) is 135 Å². The fraction of sp³-hybridized carbons (Fsp3) is 0.727. The second-order valence-electron chi connectivity index (χ2n) is 13.3. The molecule has 2 unspecified atom stereocenters. The van der Waals surface area contributed by atoms with Crippen LogP contribution in [-0.2, 0) is 25.1 Å². The van der Waals surface area contributed by atoms with Crippen molar-refractivity contribution in [1.29, 1.82) is 0 Å². The molecule has 1 aromatic carbocycles. The van der Waals surface area contributed by atoms with Gasteiger partial charge in [0.2, 0.25) is 0 Å². The van der Waals surface area contributed by atoms with E-state index in [1.165, 1.54) is 29.5 Å². The minimum absolute atomic E-state index is 0.0700. The maximum atomic E-state index is 13.6. The van der Waals surface area contributed by atoms with Gasteiger partial charge in [-0.1, -0.05) is 59.1 Å². The molecule has 0 spiro atoms. The van der Waals surface area contributed by atoms with Gasteiger partial charge in [-0.3, -0.25) is 4.79 Å². The molecule has 0 saturated carbocycles. The summed E-state index contributed by atoms with van der Waals surface area (Å²) in [6.45, 7) is 14.5. The predicted octanol–water partition coefficient (Wildman–Crippen LogP) is 8.47. The van der Waals surface area contributed by atoms with Crippen molar-refractivity contribution >= 4 is 14.1 Å². The molecule has 0 bridgehead atoms. The molecule has 218 valence electrons. The third kappa shape index (κ3) is 7.06. The van der Waals surface area contributed by atoms with Crippen molar-refractivity contribution in [1.82, 2.24) is 0 Å². The number of allylic oxidation sites excluding steroid dienone is 1. The van der Waals surface area contributed by atoms with E-state index in [4.69, 9.17) is 18.6 Å². The van der Waals surface area contributed by atoms with Gasteiger partial charge in [-0.2, -0.15) is 0 Å². The van der Waals surface area contributed by atoms with Gasteiger partial charge < -0.3 is 18.6 Å². The van der Waals surface area contributed by atoms with Gasteiger partial charge in [-0.15, -0.1) is 0 Å². The number of Topliss-reactive ketones (excluding diaryl/α,β-unsaturated/α-hetero) is 1. The molecule has 0 radical (unpaired) electrons. The quantitative estimate of drug-likeness (QED) is 0.191. The van der Waals surface area contributed by atoms with Gasteiger partial charge in [0.15, 0.2) is 20.4 Å². The summed E-state index contributed by atoms with van der Waals surface area (Å²) in [4.78, 5) is 13.6. The van der Waals surface area contributed by atoms with Gasteiger partial charge in [0.05, 0.1) is 19.3 Å². The Morgan fingerprint density at radius 1 is 1.10 bits per heavy atom. The molecule has 3 aliphatic rings. The number of unbranched alkanes of at least 4 members (excludes halogenated alkanes) is 2. The zero-order valence-electron chi connectivity index (χ0n) is 25.6. The fourth-order valence-electron chi connectivity index (χ4n) is 6.19. The molecule has 5 nitrogen and oxygen atoms in total. The molecular weight excluding hydrogens is 504 g/mol. The zero-order valence-corrected chi connectivity index (χ0v) is 26.6. The van der Waals surface area contributed by atoms with Crippen molar-refractivity contribution in [2.75, 3.05) is 13.7 Å². The van der Waals surface area contributed by atoms with E-state index >= 15 is 0 Å². The Balaban J connectivity index is 1.64. The third-order valence-corrected chi connectivity index (χ3v) is 13.9. The summed E-state index contributed by atoms with van der Waals surface area (Å²) >= 11 is 0. The molecule has 1 aromatic rings. The topological polar surface area (TPSA) is 54.0 Å². The van der Waals surface area contributed by atoms with Crippen molar-refractivity contribution in [2.24, 2.45) is 5.92 Å². The van der Waals surface area contributed by atoms with E-state index in [0.29, 0.717) is 12.2 Å². The number of benzene rings is 1. The molecule has 6 heteroatoms. The highest BCUT2D eigenvalue weighted by molar-refractivity contribution is 6.74. The van der Waals surface area contributed by atoms with Crippen LogP contribution >= 0.6 is 0 Å². The summed E-state index contributed by atoms with van der Waals surface area (Å²) < 4.78 is 25.4. The van der Waals surface area contributed by atoms with Crippen molar-refractivity contribution < 1.29 is 23.4 Å². The van der Waals surface area contributed by atoms with E-state index in [0.717, 1.165) is 69.3 Å². The van der Waals surface area contributed by atoms with Crippen LogP contribution in [0.15, 0.2) is 29.3 Å². The van der Waals surface area contributed by atoms with E-state index in [2.05, 4.69) is 52.9 Å². The first-order chi connectivity index (χ1) is 18.6. The van der Waals surface area contributed by atoms with E-state index in [1.54, 1.807) is 7.11 Å². The van der Waals surface area contributed by atoms with Gasteiger partial charge in [-0.05, 0) is 91.8 Å². The van der Waals surface area contributed by atoms with Gasteiger partial charge in [0.1, 0.15) is 5.75 Å². The zero-order chi connectivity index (χ0) is 28.2. The lowest BCUT2D eigenvalue weighted by atomic mass is 9.78. The molecule has 1 heterocycles. The van der Waals surface area contributed by atoms with Crippen LogP contribution in [0.1, 0.15) is 109 Å². The number of hydrogen-bond acceptors (Lipinski definition) is 5. The van der Waals surface area contributed by atoms with Crippen LogP contribution in [0.4, 0.5) is 0 Å². The Morgan fingerprint density at radius 3 is 2.56 bits per heavy atom. The van der Waals surface area contributed by atoms with Crippen molar-refractivity contribution in [3.63, 3.8) is 0 Å². The monoisotopic (exact) mass is 556 g/mol. The summed E-state index contributed by atoms with van der Waals surface area (Å²) in [6, 6.07) is 6.30. The molecular formula is C33H52O5Si. The Bertz CT molecular complexity index is 1020.